The molecule has 25 heavy (non-hydrogen) atoms. The molecule has 0 saturated carbocycles. The summed E-state index contributed by atoms with van der Waals surface area (Å²) in [5, 5.41) is 0. The van der Waals surface area contributed by atoms with Gasteiger partial charge in [-0.3, -0.25) is 4.57 Å². The maximum Gasteiger partial charge on any atom is 0.332 e. The molecule has 0 aliphatic heterocycles. The molecule has 0 bridgehead atoms. The minimum absolute atomic E-state index is 0.0553. The average Bonchev–Trinajstić information content (AvgIpc) is 2.59. The van der Waals surface area contributed by atoms with Crippen LogP contribution in [0.15, 0.2) is 54.6 Å². The van der Waals surface area contributed by atoms with E-state index in [9.17, 15) is 14.4 Å². The van der Waals surface area contributed by atoms with Gasteiger partial charge in [0, 0.05) is 0 Å². The van der Waals surface area contributed by atoms with Crippen molar-refractivity contribution in [2.45, 2.75) is 39.0 Å². The highest BCUT2D eigenvalue weighted by Gasteiger charge is 2.26. The predicted molar refractivity (Wildman–Crippen MR) is 101 cm³/mol. The van der Waals surface area contributed by atoms with Gasteiger partial charge in [0.15, 0.2) is 0 Å². The molecule has 2 N–H and O–H groups in total. The van der Waals surface area contributed by atoms with Crippen LogP contribution in [0.5, 0.6) is 5.75 Å². The second-order valence-electron chi connectivity index (χ2n) is 6.39. The number of benzene rings is 2. The van der Waals surface area contributed by atoms with Gasteiger partial charge in [-0.05, 0) is 55.4 Å². The molecule has 2 rings (SSSR count). The lowest BCUT2D eigenvalue weighted by atomic mass is 9.96. The number of aryl methyl sites for hydroxylation is 1. The van der Waals surface area contributed by atoms with Crippen molar-refractivity contribution in [3.63, 3.8) is 0 Å². The van der Waals surface area contributed by atoms with Gasteiger partial charge in [-0.25, -0.2) is 0 Å². The van der Waals surface area contributed by atoms with E-state index in [4.69, 9.17) is 4.74 Å². The maximum atomic E-state index is 11.2. The second kappa shape index (κ2) is 9.19. The molecule has 1 radical (unpaired) electrons. The maximum absolute atomic E-state index is 11.2. The lowest BCUT2D eigenvalue weighted by Gasteiger charge is -2.18. The minimum atomic E-state index is -4.09. The lowest BCUT2D eigenvalue weighted by molar-refractivity contribution is 0.311. The van der Waals surface area contributed by atoms with Crippen LogP contribution in [0.2, 0.25) is 0 Å². The van der Waals surface area contributed by atoms with Gasteiger partial charge in [0.05, 0.1) is 12.3 Å². The van der Waals surface area contributed by atoms with Gasteiger partial charge < -0.3 is 14.5 Å². The molecule has 4 nitrogen and oxygen atoms in total. The molecule has 1 atom stereocenters. The third-order valence-electron chi connectivity index (χ3n) is 4.27. The molecule has 0 saturated heterocycles. The second-order valence-corrected chi connectivity index (χ2v) is 8.24. The Bertz CT molecular complexity index is 679. The topological polar surface area (TPSA) is 66.8 Å². The van der Waals surface area contributed by atoms with Crippen LogP contribution in [0.4, 0.5) is 0 Å². The molecule has 2 aromatic rings. The summed E-state index contributed by atoms with van der Waals surface area (Å²) in [5.74, 6) is 0.874. The highest BCUT2D eigenvalue weighted by atomic mass is 31.2. The molecule has 5 heteroatoms. The summed E-state index contributed by atoms with van der Waals surface area (Å²) >= 11 is 0. The zero-order valence-electron chi connectivity index (χ0n) is 14.8. The van der Waals surface area contributed by atoms with Crippen LogP contribution in [-0.4, -0.2) is 16.4 Å². The van der Waals surface area contributed by atoms with E-state index in [1.165, 1.54) is 12.5 Å². The van der Waals surface area contributed by atoms with Crippen molar-refractivity contribution in [2.75, 3.05) is 6.61 Å². The summed E-state index contributed by atoms with van der Waals surface area (Å²) in [5.41, 5.74) is 2.58. The van der Waals surface area contributed by atoms with E-state index in [1.807, 2.05) is 49.4 Å². The molecular formula is C20H26O4P. The Labute approximate surface area is 150 Å². The van der Waals surface area contributed by atoms with Crippen LogP contribution in [0.1, 0.15) is 43.7 Å². The summed E-state index contributed by atoms with van der Waals surface area (Å²) in [6.45, 7) is 4.14. The smallest absolute Gasteiger partial charge is 0.332 e. The van der Waals surface area contributed by atoms with Gasteiger partial charge in [0.1, 0.15) is 5.75 Å². The van der Waals surface area contributed by atoms with Gasteiger partial charge >= 0.3 is 7.60 Å². The third kappa shape index (κ3) is 6.66. The van der Waals surface area contributed by atoms with E-state index in [1.54, 1.807) is 0 Å². The fourth-order valence-electron chi connectivity index (χ4n) is 2.68. The summed E-state index contributed by atoms with van der Waals surface area (Å²) in [6.07, 6.45) is 2.33. The van der Waals surface area contributed by atoms with Crippen LogP contribution in [0.25, 0.3) is 0 Å². The Balaban J connectivity index is 1.78. The number of ether oxygens (including phenoxy) is 1. The fourth-order valence-corrected chi connectivity index (χ4v) is 3.20. The van der Waals surface area contributed by atoms with Gasteiger partial charge in [0.25, 0.3) is 0 Å². The molecule has 0 unspecified atom stereocenters. The van der Waals surface area contributed by atoms with Crippen molar-refractivity contribution in [1.29, 1.82) is 0 Å². The summed E-state index contributed by atoms with van der Waals surface area (Å²) < 4.78 is 17.0. The van der Waals surface area contributed by atoms with Crippen molar-refractivity contribution in [1.82, 2.24) is 0 Å². The first kappa shape index (κ1) is 19.7. The Hall–Kier alpha value is -1.61. The fraction of sp³-hybridized carbons (Fsp3) is 0.350. The zero-order chi connectivity index (χ0) is 18.3. The Morgan fingerprint density at radius 1 is 1.08 bits per heavy atom. The van der Waals surface area contributed by atoms with Gasteiger partial charge in [0.2, 0.25) is 0 Å². The van der Waals surface area contributed by atoms with Crippen molar-refractivity contribution in [3.8, 4) is 5.75 Å². The highest BCUT2D eigenvalue weighted by molar-refractivity contribution is 7.55. The van der Waals surface area contributed by atoms with E-state index in [0.717, 1.165) is 24.2 Å². The van der Waals surface area contributed by atoms with Crippen LogP contribution in [0, 0.1) is 5.66 Å². The highest BCUT2D eigenvalue weighted by Crippen LogP contribution is 2.50. The van der Waals surface area contributed by atoms with E-state index < -0.39 is 7.60 Å². The van der Waals surface area contributed by atoms with Crippen LogP contribution in [0.3, 0.4) is 0 Å². The van der Waals surface area contributed by atoms with Crippen molar-refractivity contribution >= 4 is 7.60 Å². The van der Waals surface area contributed by atoms with E-state index >= 15 is 0 Å². The van der Waals surface area contributed by atoms with Crippen LogP contribution < -0.4 is 4.74 Å². The molecule has 2 aromatic carbocycles. The Morgan fingerprint density at radius 3 is 2.32 bits per heavy atom. The molecule has 0 fully saturated rings. The zero-order valence-corrected chi connectivity index (χ0v) is 15.7. The molecule has 0 heterocycles. The van der Waals surface area contributed by atoms with Gasteiger partial charge in [-0.2, -0.15) is 0 Å². The normalized spacial score (nSPS) is 13.0. The average molecular weight is 361 g/mol. The summed E-state index contributed by atoms with van der Waals surface area (Å²) in [4.78, 5) is 18.4. The Kier molecular flexibility index (Phi) is 7.24. The SMILES string of the molecule is C[C](C[C@@H](C)c1ccc(OCCCc2ccccc2)cc1)P(=O)(O)O. The molecule has 0 spiro atoms. The molecule has 0 aliphatic carbocycles. The summed E-state index contributed by atoms with van der Waals surface area (Å²) in [7, 11) is -4.09. The first-order chi connectivity index (χ1) is 11.9. The lowest BCUT2D eigenvalue weighted by Crippen LogP contribution is -2.02. The van der Waals surface area contributed by atoms with Crippen molar-refractivity contribution in [3.05, 3.63) is 71.4 Å². The molecule has 0 amide bonds. The molecule has 135 valence electrons. The van der Waals surface area contributed by atoms with E-state index in [-0.39, 0.29) is 11.6 Å². The van der Waals surface area contributed by atoms with Gasteiger partial charge in [-0.15, -0.1) is 0 Å². The standard InChI is InChI=1S/C20H26O4P/c1-16(15-17(2)25(21,22)23)19-10-12-20(13-11-19)24-14-6-9-18-7-4-3-5-8-18/h3-5,7-8,10-13,16H,6,9,14-15H2,1-2H3,(H2,21,22,23)/t16-/m1/s1. The van der Waals surface area contributed by atoms with E-state index in [0.29, 0.717) is 13.0 Å². The minimum Gasteiger partial charge on any atom is -0.494 e. The Morgan fingerprint density at radius 2 is 1.72 bits per heavy atom. The summed E-state index contributed by atoms with van der Waals surface area (Å²) in [6, 6.07) is 18.1. The first-order valence-electron chi connectivity index (χ1n) is 8.51. The quantitative estimate of drug-likeness (QED) is 0.491. The number of rotatable bonds is 9. The first-order valence-corrected chi connectivity index (χ1v) is 10.1. The molecule has 0 aliphatic rings. The molecular weight excluding hydrogens is 335 g/mol. The van der Waals surface area contributed by atoms with Crippen LogP contribution >= 0.6 is 7.60 Å². The predicted octanol–water partition coefficient (Wildman–Crippen LogP) is 4.92. The third-order valence-corrected chi connectivity index (χ3v) is 5.45. The van der Waals surface area contributed by atoms with E-state index in [2.05, 4.69) is 12.1 Å². The van der Waals surface area contributed by atoms with Crippen LogP contribution in [-0.2, 0) is 11.0 Å². The largest absolute Gasteiger partial charge is 0.494 e. The molecule has 0 aromatic heterocycles. The van der Waals surface area contributed by atoms with Crippen molar-refractivity contribution in [2.24, 2.45) is 0 Å². The number of hydrogen-bond acceptors (Lipinski definition) is 2. The van der Waals surface area contributed by atoms with Crippen molar-refractivity contribution < 1.29 is 19.1 Å². The number of hydrogen-bond donors (Lipinski definition) is 2. The van der Waals surface area contributed by atoms with Gasteiger partial charge in [-0.1, -0.05) is 49.4 Å². The monoisotopic (exact) mass is 361 g/mol.